The molecule has 0 spiro atoms. The molecule has 1 saturated carbocycles. The van der Waals surface area contributed by atoms with E-state index in [1.54, 1.807) is 0 Å². The normalized spacial score (nSPS) is 24.6. The van der Waals surface area contributed by atoms with Gasteiger partial charge < -0.3 is 9.84 Å². The zero-order valence-electron chi connectivity index (χ0n) is 10.6. The van der Waals surface area contributed by atoms with Gasteiger partial charge >= 0.3 is 0 Å². The second-order valence-electron chi connectivity index (χ2n) is 4.90. The summed E-state index contributed by atoms with van der Waals surface area (Å²) in [5, 5.41) is 9.97. The van der Waals surface area contributed by atoms with Gasteiger partial charge in [-0.05, 0) is 49.8 Å². The number of ether oxygens (including phenoxy) is 1. The van der Waals surface area contributed by atoms with Crippen LogP contribution in [0.1, 0.15) is 38.2 Å². The smallest absolute Gasteiger partial charge is 0.119 e. The monoisotopic (exact) mass is 234 g/mol. The minimum Gasteiger partial charge on any atom is -0.494 e. The Bertz CT molecular complexity index is 349. The summed E-state index contributed by atoms with van der Waals surface area (Å²) in [6.07, 6.45) is 5.42. The molecule has 1 aromatic carbocycles. The Hall–Kier alpha value is -1.02. The van der Waals surface area contributed by atoms with E-state index in [0.29, 0.717) is 12.5 Å². The second-order valence-corrected chi connectivity index (χ2v) is 4.90. The lowest BCUT2D eigenvalue weighted by Crippen LogP contribution is -2.26. The maximum Gasteiger partial charge on any atom is 0.119 e. The molecule has 1 aromatic rings. The Morgan fingerprint density at radius 3 is 2.88 bits per heavy atom. The summed E-state index contributed by atoms with van der Waals surface area (Å²) >= 11 is 0. The molecule has 17 heavy (non-hydrogen) atoms. The molecule has 0 saturated heterocycles. The van der Waals surface area contributed by atoms with Gasteiger partial charge in [-0.25, -0.2) is 0 Å². The van der Waals surface area contributed by atoms with E-state index in [2.05, 4.69) is 12.1 Å². The summed E-state index contributed by atoms with van der Waals surface area (Å²) in [7, 11) is 0. The first kappa shape index (κ1) is 12.4. The van der Waals surface area contributed by atoms with Crippen LogP contribution in [0, 0.1) is 5.92 Å². The third-order valence-electron chi connectivity index (χ3n) is 3.58. The molecule has 2 nitrogen and oxygen atoms in total. The molecule has 0 aromatic heterocycles. The minimum atomic E-state index is -0.112. The van der Waals surface area contributed by atoms with Gasteiger partial charge in [-0.3, -0.25) is 0 Å². The van der Waals surface area contributed by atoms with Gasteiger partial charge in [0.05, 0.1) is 12.7 Å². The van der Waals surface area contributed by atoms with Crippen molar-refractivity contribution in [3.8, 4) is 5.75 Å². The van der Waals surface area contributed by atoms with Crippen molar-refractivity contribution in [1.29, 1.82) is 0 Å². The molecule has 2 unspecified atom stereocenters. The molecule has 2 rings (SSSR count). The van der Waals surface area contributed by atoms with E-state index in [9.17, 15) is 5.11 Å². The van der Waals surface area contributed by atoms with Crippen LogP contribution in [0.5, 0.6) is 5.75 Å². The maximum atomic E-state index is 9.97. The molecule has 1 N–H and O–H groups in total. The van der Waals surface area contributed by atoms with Crippen LogP contribution < -0.4 is 4.74 Å². The zero-order valence-corrected chi connectivity index (χ0v) is 10.6. The fourth-order valence-corrected chi connectivity index (χ4v) is 2.66. The Kier molecular flexibility index (Phi) is 4.43. The third kappa shape index (κ3) is 3.47. The Morgan fingerprint density at radius 1 is 1.29 bits per heavy atom. The van der Waals surface area contributed by atoms with Gasteiger partial charge in [0.25, 0.3) is 0 Å². The fraction of sp³-hybridized carbons (Fsp3) is 0.600. The second kappa shape index (κ2) is 6.06. The number of aliphatic hydroxyl groups is 1. The van der Waals surface area contributed by atoms with Crippen molar-refractivity contribution in [2.45, 2.75) is 45.1 Å². The van der Waals surface area contributed by atoms with Gasteiger partial charge in [-0.15, -0.1) is 0 Å². The van der Waals surface area contributed by atoms with Gasteiger partial charge in [0, 0.05) is 0 Å². The molecule has 2 atom stereocenters. The topological polar surface area (TPSA) is 29.5 Å². The molecule has 0 bridgehead atoms. The molecule has 94 valence electrons. The molecule has 2 heteroatoms. The lowest BCUT2D eigenvalue weighted by Gasteiger charge is -2.27. The lowest BCUT2D eigenvalue weighted by molar-refractivity contribution is 0.0700. The van der Waals surface area contributed by atoms with E-state index in [-0.39, 0.29) is 6.10 Å². The van der Waals surface area contributed by atoms with Crippen LogP contribution in [-0.2, 0) is 6.42 Å². The highest BCUT2D eigenvalue weighted by atomic mass is 16.5. The van der Waals surface area contributed by atoms with Crippen molar-refractivity contribution in [1.82, 2.24) is 0 Å². The molecular weight excluding hydrogens is 212 g/mol. The molecule has 0 amide bonds. The molecule has 1 fully saturated rings. The molecule has 0 heterocycles. The van der Waals surface area contributed by atoms with E-state index in [1.165, 1.54) is 18.4 Å². The molecule has 0 aliphatic heterocycles. The van der Waals surface area contributed by atoms with E-state index >= 15 is 0 Å². The Morgan fingerprint density at radius 2 is 2.12 bits per heavy atom. The van der Waals surface area contributed by atoms with Crippen LogP contribution >= 0.6 is 0 Å². The summed E-state index contributed by atoms with van der Waals surface area (Å²) in [4.78, 5) is 0. The van der Waals surface area contributed by atoms with Gasteiger partial charge in [0.15, 0.2) is 0 Å². The van der Waals surface area contributed by atoms with E-state index in [4.69, 9.17) is 4.74 Å². The maximum absolute atomic E-state index is 9.97. The van der Waals surface area contributed by atoms with Crippen molar-refractivity contribution < 1.29 is 9.84 Å². The highest BCUT2D eigenvalue weighted by Gasteiger charge is 2.23. The summed E-state index contributed by atoms with van der Waals surface area (Å²) in [6.45, 7) is 2.70. The average Bonchev–Trinajstić information content (AvgIpc) is 2.33. The Labute approximate surface area is 104 Å². The predicted molar refractivity (Wildman–Crippen MR) is 69.3 cm³/mol. The van der Waals surface area contributed by atoms with Crippen LogP contribution in [0.15, 0.2) is 24.3 Å². The van der Waals surface area contributed by atoms with E-state index in [1.807, 2.05) is 19.1 Å². The van der Waals surface area contributed by atoms with Crippen LogP contribution in [0.2, 0.25) is 0 Å². The summed E-state index contributed by atoms with van der Waals surface area (Å²) < 4.78 is 5.50. The lowest BCUT2D eigenvalue weighted by atomic mass is 9.82. The molecule has 1 aliphatic carbocycles. The number of hydrogen-bond donors (Lipinski definition) is 1. The largest absolute Gasteiger partial charge is 0.494 e. The SMILES string of the molecule is CCOc1cccc(CC2CCCCC2O)c1. The van der Waals surface area contributed by atoms with Crippen LogP contribution in [0.25, 0.3) is 0 Å². The summed E-state index contributed by atoms with van der Waals surface area (Å²) in [6, 6.07) is 8.26. The van der Waals surface area contributed by atoms with Crippen molar-refractivity contribution in [2.75, 3.05) is 6.61 Å². The van der Waals surface area contributed by atoms with Gasteiger partial charge in [-0.2, -0.15) is 0 Å². The van der Waals surface area contributed by atoms with Crippen molar-refractivity contribution in [2.24, 2.45) is 5.92 Å². The van der Waals surface area contributed by atoms with Gasteiger partial charge in [0.2, 0.25) is 0 Å². The number of hydrogen-bond acceptors (Lipinski definition) is 2. The highest BCUT2D eigenvalue weighted by Crippen LogP contribution is 2.28. The minimum absolute atomic E-state index is 0.112. The van der Waals surface area contributed by atoms with Crippen LogP contribution in [0.3, 0.4) is 0 Å². The molecule has 0 radical (unpaired) electrons. The first-order valence-corrected chi connectivity index (χ1v) is 6.69. The highest BCUT2D eigenvalue weighted by molar-refractivity contribution is 5.28. The van der Waals surface area contributed by atoms with Gasteiger partial charge in [0.1, 0.15) is 5.75 Å². The standard InChI is InChI=1S/C15H22O2/c1-2-17-14-8-5-6-12(11-14)10-13-7-3-4-9-15(13)16/h5-6,8,11,13,15-16H,2-4,7,9-10H2,1H3. The average molecular weight is 234 g/mol. The first-order chi connectivity index (χ1) is 8.29. The van der Waals surface area contributed by atoms with Crippen molar-refractivity contribution in [3.05, 3.63) is 29.8 Å². The fourth-order valence-electron chi connectivity index (χ4n) is 2.66. The van der Waals surface area contributed by atoms with Gasteiger partial charge in [-0.1, -0.05) is 25.0 Å². The Balaban J connectivity index is 1.99. The van der Waals surface area contributed by atoms with Crippen molar-refractivity contribution >= 4 is 0 Å². The zero-order chi connectivity index (χ0) is 12.1. The summed E-state index contributed by atoms with van der Waals surface area (Å²) in [5.74, 6) is 1.37. The molecule has 1 aliphatic rings. The molecular formula is C15H22O2. The number of aliphatic hydroxyl groups excluding tert-OH is 1. The predicted octanol–water partition coefficient (Wildman–Crippen LogP) is 3.18. The van der Waals surface area contributed by atoms with E-state index < -0.39 is 0 Å². The van der Waals surface area contributed by atoms with Crippen molar-refractivity contribution in [3.63, 3.8) is 0 Å². The quantitative estimate of drug-likeness (QED) is 0.867. The first-order valence-electron chi connectivity index (χ1n) is 6.69. The van der Waals surface area contributed by atoms with Crippen LogP contribution in [0.4, 0.5) is 0 Å². The van der Waals surface area contributed by atoms with E-state index in [0.717, 1.165) is 25.0 Å². The number of rotatable bonds is 4. The number of benzene rings is 1. The van der Waals surface area contributed by atoms with Crippen LogP contribution in [-0.4, -0.2) is 17.8 Å². The summed E-state index contributed by atoms with van der Waals surface area (Å²) in [5.41, 5.74) is 1.28. The third-order valence-corrected chi connectivity index (χ3v) is 3.58.